The molecule has 9 heteroatoms. The smallest absolute Gasteiger partial charge is 0.291 e. The van der Waals surface area contributed by atoms with Crippen LogP contribution in [0.15, 0.2) is 23.1 Å². The SMILES string of the molecule is CCCCOCCNS(=O)(=O)c1ccc(N)cc1[N+](=O)[O-]. The van der Waals surface area contributed by atoms with E-state index in [4.69, 9.17) is 10.5 Å². The average Bonchev–Trinajstić information content (AvgIpc) is 2.42. The van der Waals surface area contributed by atoms with E-state index in [9.17, 15) is 18.5 Å². The molecule has 0 aromatic heterocycles. The zero-order valence-corrected chi connectivity index (χ0v) is 12.6. The van der Waals surface area contributed by atoms with Crippen molar-refractivity contribution in [2.45, 2.75) is 24.7 Å². The summed E-state index contributed by atoms with van der Waals surface area (Å²) < 4.78 is 31.6. The van der Waals surface area contributed by atoms with Crippen molar-refractivity contribution in [1.82, 2.24) is 4.72 Å². The summed E-state index contributed by atoms with van der Waals surface area (Å²) in [6.45, 7) is 2.84. The molecule has 0 aliphatic rings. The molecule has 0 atom stereocenters. The third kappa shape index (κ3) is 5.29. The Labute approximate surface area is 123 Å². The highest BCUT2D eigenvalue weighted by atomic mass is 32.2. The summed E-state index contributed by atoms with van der Waals surface area (Å²) in [5, 5.41) is 10.9. The second-order valence-corrected chi connectivity index (χ2v) is 6.08. The van der Waals surface area contributed by atoms with Crippen LogP contribution < -0.4 is 10.5 Å². The normalized spacial score (nSPS) is 11.5. The molecular weight excluding hydrogens is 298 g/mol. The zero-order valence-electron chi connectivity index (χ0n) is 11.7. The Kier molecular flexibility index (Phi) is 6.53. The summed E-state index contributed by atoms with van der Waals surface area (Å²) in [7, 11) is -3.97. The molecule has 0 spiro atoms. The van der Waals surface area contributed by atoms with E-state index in [1.165, 1.54) is 6.07 Å². The maximum absolute atomic E-state index is 12.0. The summed E-state index contributed by atoms with van der Waals surface area (Å²) in [4.78, 5) is 9.72. The second kappa shape index (κ2) is 7.91. The van der Waals surface area contributed by atoms with Crippen molar-refractivity contribution in [3.8, 4) is 0 Å². The molecule has 1 aromatic rings. The van der Waals surface area contributed by atoms with Gasteiger partial charge in [-0.3, -0.25) is 10.1 Å². The molecule has 0 bridgehead atoms. The number of unbranched alkanes of at least 4 members (excludes halogenated alkanes) is 1. The number of sulfonamides is 1. The molecule has 0 heterocycles. The maximum Gasteiger partial charge on any atom is 0.291 e. The van der Waals surface area contributed by atoms with Crippen LogP contribution in [0, 0.1) is 10.1 Å². The largest absolute Gasteiger partial charge is 0.399 e. The first-order chi connectivity index (χ1) is 9.88. The Bertz CT molecular complexity index is 589. The Balaban J connectivity index is 2.72. The van der Waals surface area contributed by atoms with Crippen LogP contribution >= 0.6 is 0 Å². The Morgan fingerprint density at radius 1 is 1.38 bits per heavy atom. The van der Waals surface area contributed by atoms with E-state index in [2.05, 4.69) is 4.72 Å². The van der Waals surface area contributed by atoms with Gasteiger partial charge in [0.25, 0.3) is 5.69 Å². The third-order valence-electron chi connectivity index (χ3n) is 2.65. The first kappa shape index (κ1) is 17.3. The zero-order chi connectivity index (χ0) is 15.9. The van der Waals surface area contributed by atoms with Gasteiger partial charge < -0.3 is 10.5 Å². The van der Waals surface area contributed by atoms with Crippen LogP contribution in [-0.4, -0.2) is 33.1 Å². The highest BCUT2D eigenvalue weighted by Gasteiger charge is 2.25. The fourth-order valence-electron chi connectivity index (χ4n) is 1.58. The number of anilines is 1. The van der Waals surface area contributed by atoms with Crippen molar-refractivity contribution < 1.29 is 18.1 Å². The van der Waals surface area contributed by atoms with Gasteiger partial charge in [-0.05, 0) is 18.6 Å². The number of nitro benzene ring substituents is 1. The number of nitrogens with two attached hydrogens (primary N) is 1. The van der Waals surface area contributed by atoms with E-state index in [1.807, 2.05) is 6.92 Å². The predicted molar refractivity (Wildman–Crippen MR) is 78.4 cm³/mol. The van der Waals surface area contributed by atoms with E-state index >= 15 is 0 Å². The molecule has 8 nitrogen and oxygen atoms in total. The molecule has 0 aliphatic carbocycles. The molecule has 0 saturated heterocycles. The van der Waals surface area contributed by atoms with E-state index in [0.717, 1.165) is 25.0 Å². The topological polar surface area (TPSA) is 125 Å². The minimum atomic E-state index is -3.97. The summed E-state index contributed by atoms with van der Waals surface area (Å²) in [6, 6.07) is 3.44. The van der Waals surface area contributed by atoms with Crippen molar-refractivity contribution in [3.63, 3.8) is 0 Å². The lowest BCUT2D eigenvalue weighted by Gasteiger charge is -2.08. The lowest BCUT2D eigenvalue weighted by Crippen LogP contribution is -2.28. The first-order valence-corrected chi connectivity index (χ1v) is 7.98. The van der Waals surface area contributed by atoms with Gasteiger partial charge in [-0.15, -0.1) is 0 Å². The van der Waals surface area contributed by atoms with Gasteiger partial charge in [0.2, 0.25) is 10.0 Å². The number of ether oxygens (including phenoxy) is 1. The molecule has 0 amide bonds. The van der Waals surface area contributed by atoms with Crippen LogP contribution in [0.1, 0.15) is 19.8 Å². The van der Waals surface area contributed by atoms with Crippen LogP contribution in [-0.2, 0) is 14.8 Å². The Morgan fingerprint density at radius 3 is 2.71 bits per heavy atom. The van der Waals surface area contributed by atoms with Gasteiger partial charge in [0, 0.05) is 24.9 Å². The number of nitrogens with one attached hydrogen (secondary N) is 1. The molecule has 1 rings (SSSR count). The quantitative estimate of drug-likeness (QED) is 0.306. The lowest BCUT2D eigenvalue weighted by molar-refractivity contribution is -0.387. The van der Waals surface area contributed by atoms with Crippen LogP contribution in [0.2, 0.25) is 0 Å². The van der Waals surface area contributed by atoms with Crippen molar-refractivity contribution in [2.75, 3.05) is 25.5 Å². The van der Waals surface area contributed by atoms with Crippen LogP contribution in [0.3, 0.4) is 0 Å². The van der Waals surface area contributed by atoms with Crippen LogP contribution in [0.4, 0.5) is 11.4 Å². The van der Waals surface area contributed by atoms with Gasteiger partial charge >= 0.3 is 0 Å². The van der Waals surface area contributed by atoms with Crippen molar-refractivity contribution in [1.29, 1.82) is 0 Å². The third-order valence-corrected chi connectivity index (χ3v) is 4.16. The van der Waals surface area contributed by atoms with E-state index in [-0.39, 0.29) is 18.8 Å². The number of rotatable bonds is 9. The second-order valence-electron chi connectivity index (χ2n) is 4.35. The summed E-state index contributed by atoms with van der Waals surface area (Å²) in [5.41, 5.74) is 5.02. The van der Waals surface area contributed by atoms with E-state index in [0.29, 0.717) is 6.61 Å². The maximum atomic E-state index is 12.0. The molecular formula is C12H19N3O5S. The predicted octanol–water partition coefficient (Wildman–Crippen LogP) is 1.27. The van der Waals surface area contributed by atoms with E-state index in [1.54, 1.807) is 0 Å². The van der Waals surface area contributed by atoms with Crippen LogP contribution in [0.5, 0.6) is 0 Å². The molecule has 3 N–H and O–H groups in total. The number of nitrogen functional groups attached to an aromatic ring is 1. The highest BCUT2D eigenvalue weighted by molar-refractivity contribution is 7.89. The monoisotopic (exact) mass is 317 g/mol. The van der Waals surface area contributed by atoms with Gasteiger partial charge in [0.05, 0.1) is 11.5 Å². The number of nitro groups is 1. The average molecular weight is 317 g/mol. The summed E-state index contributed by atoms with van der Waals surface area (Å²) in [5.74, 6) is 0. The summed E-state index contributed by atoms with van der Waals surface area (Å²) >= 11 is 0. The molecule has 21 heavy (non-hydrogen) atoms. The Hall–Kier alpha value is -1.71. The van der Waals surface area contributed by atoms with Crippen molar-refractivity contribution in [2.24, 2.45) is 0 Å². The standard InChI is InChI=1S/C12H19N3O5S/c1-2-3-7-20-8-6-14-21(18,19)12-5-4-10(13)9-11(12)15(16)17/h4-5,9,14H,2-3,6-8,13H2,1H3. The molecule has 0 fully saturated rings. The van der Waals surface area contributed by atoms with Gasteiger partial charge in [-0.2, -0.15) is 0 Å². The van der Waals surface area contributed by atoms with Crippen molar-refractivity contribution >= 4 is 21.4 Å². The highest BCUT2D eigenvalue weighted by Crippen LogP contribution is 2.25. The van der Waals surface area contributed by atoms with Crippen LogP contribution in [0.25, 0.3) is 0 Å². The number of hydrogen-bond acceptors (Lipinski definition) is 6. The van der Waals surface area contributed by atoms with Gasteiger partial charge in [0.1, 0.15) is 0 Å². The molecule has 0 aliphatic heterocycles. The van der Waals surface area contributed by atoms with Gasteiger partial charge in [-0.1, -0.05) is 13.3 Å². The number of hydrogen-bond donors (Lipinski definition) is 2. The number of benzene rings is 1. The minimum absolute atomic E-state index is 0.0492. The fourth-order valence-corrected chi connectivity index (χ4v) is 2.74. The van der Waals surface area contributed by atoms with Gasteiger partial charge in [0.15, 0.2) is 4.90 Å². The Morgan fingerprint density at radius 2 is 2.10 bits per heavy atom. The first-order valence-electron chi connectivity index (χ1n) is 6.50. The van der Waals surface area contributed by atoms with E-state index < -0.39 is 25.5 Å². The molecule has 118 valence electrons. The molecule has 1 aromatic carbocycles. The molecule has 0 radical (unpaired) electrons. The molecule has 0 unspecified atom stereocenters. The van der Waals surface area contributed by atoms with Gasteiger partial charge in [-0.25, -0.2) is 13.1 Å². The minimum Gasteiger partial charge on any atom is -0.399 e. The van der Waals surface area contributed by atoms with Crippen molar-refractivity contribution in [3.05, 3.63) is 28.3 Å². The summed E-state index contributed by atoms with van der Waals surface area (Å²) in [6.07, 6.45) is 1.89. The lowest BCUT2D eigenvalue weighted by atomic mass is 10.3. The number of nitrogens with zero attached hydrogens (tertiary/aromatic N) is 1. The molecule has 0 saturated carbocycles. The fraction of sp³-hybridized carbons (Fsp3) is 0.500.